The van der Waals surface area contributed by atoms with Crippen LogP contribution in [-0.2, 0) is 4.74 Å². The number of nitro groups is 1. The van der Waals surface area contributed by atoms with Crippen LogP contribution >= 0.6 is 15.9 Å². The van der Waals surface area contributed by atoms with Crippen molar-refractivity contribution in [2.45, 2.75) is 6.42 Å². The predicted molar refractivity (Wildman–Crippen MR) is 81.2 cm³/mol. The van der Waals surface area contributed by atoms with Crippen LogP contribution in [0.4, 0.5) is 11.4 Å². The first-order valence-corrected chi connectivity index (χ1v) is 7.44. The molecular formula is C13H18BrN3O3. The molecule has 1 aliphatic heterocycles. The summed E-state index contributed by atoms with van der Waals surface area (Å²) < 4.78 is 6.00. The fourth-order valence-electron chi connectivity index (χ4n) is 2.16. The molecule has 1 aliphatic rings. The Morgan fingerprint density at radius 3 is 2.85 bits per heavy atom. The van der Waals surface area contributed by atoms with Gasteiger partial charge in [-0.3, -0.25) is 15.0 Å². The second-order valence-electron chi connectivity index (χ2n) is 4.65. The van der Waals surface area contributed by atoms with Crippen LogP contribution in [0.15, 0.2) is 22.7 Å². The molecule has 1 saturated heterocycles. The Labute approximate surface area is 126 Å². The molecule has 0 aromatic heterocycles. The lowest BCUT2D eigenvalue weighted by Crippen LogP contribution is -2.37. The first-order chi connectivity index (χ1) is 9.66. The summed E-state index contributed by atoms with van der Waals surface area (Å²) in [7, 11) is 0. The van der Waals surface area contributed by atoms with Crippen LogP contribution in [0, 0.1) is 10.1 Å². The molecule has 0 unspecified atom stereocenters. The lowest BCUT2D eigenvalue weighted by Gasteiger charge is -2.26. The molecule has 7 heteroatoms. The van der Waals surface area contributed by atoms with Crippen LogP contribution in [0.2, 0.25) is 0 Å². The van der Waals surface area contributed by atoms with Crippen molar-refractivity contribution in [1.82, 2.24) is 4.90 Å². The number of hydrogen-bond acceptors (Lipinski definition) is 5. The average Bonchev–Trinajstić information content (AvgIpc) is 2.45. The highest BCUT2D eigenvalue weighted by Gasteiger charge is 2.14. The largest absolute Gasteiger partial charge is 0.379 e. The van der Waals surface area contributed by atoms with Gasteiger partial charge in [0.05, 0.1) is 18.1 Å². The molecule has 1 aromatic rings. The van der Waals surface area contributed by atoms with Crippen LogP contribution < -0.4 is 5.32 Å². The number of nitrogens with one attached hydrogen (secondary N) is 1. The normalized spacial score (nSPS) is 16.1. The number of ether oxygens (including phenoxy) is 1. The maximum absolute atomic E-state index is 11.0. The Bertz CT molecular complexity index is 464. The van der Waals surface area contributed by atoms with Gasteiger partial charge in [-0.2, -0.15) is 0 Å². The van der Waals surface area contributed by atoms with E-state index in [9.17, 15) is 10.1 Å². The van der Waals surface area contributed by atoms with E-state index in [-0.39, 0.29) is 10.6 Å². The van der Waals surface area contributed by atoms with Gasteiger partial charge in [-0.15, -0.1) is 0 Å². The van der Waals surface area contributed by atoms with E-state index in [4.69, 9.17) is 4.74 Å². The van der Waals surface area contributed by atoms with Gasteiger partial charge in [-0.1, -0.05) is 15.9 Å². The monoisotopic (exact) mass is 343 g/mol. The molecular weight excluding hydrogens is 326 g/mol. The third-order valence-electron chi connectivity index (χ3n) is 3.23. The van der Waals surface area contributed by atoms with Crippen molar-refractivity contribution in [3.63, 3.8) is 0 Å². The Morgan fingerprint density at radius 2 is 2.15 bits per heavy atom. The standard InChI is InChI=1S/C13H18BrN3O3/c14-11-2-3-12(13(10-11)17(18)19)15-4-1-5-16-6-8-20-9-7-16/h2-3,10,15H,1,4-9H2. The van der Waals surface area contributed by atoms with Gasteiger partial charge < -0.3 is 10.1 Å². The molecule has 0 amide bonds. The van der Waals surface area contributed by atoms with Crippen LogP contribution in [0.1, 0.15) is 6.42 Å². The topological polar surface area (TPSA) is 67.6 Å². The van der Waals surface area contributed by atoms with Gasteiger partial charge in [-0.25, -0.2) is 0 Å². The Balaban J connectivity index is 1.80. The molecule has 0 saturated carbocycles. The molecule has 0 bridgehead atoms. The maximum atomic E-state index is 11.0. The van der Waals surface area contributed by atoms with E-state index >= 15 is 0 Å². The van der Waals surface area contributed by atoms with Crippen LogP contribution in [0.25, 0.3) is 0 Å². The fraction of sp³-hybridized carbons (Fsp3) is 0.538. The highest BCUT2D eigenvalue weighted by Crippen LogP contribution is 2.27. The van der Waals surface area contributed by atoms with Crippen molar-refractivity contribution < 1.29 is 9.66 Å². The number of benzene rings is 1. The summed E-state index contributed by atoms with van der Waals surface area (Å²) in [5.41, 5.74) is 0.672. The van der Waals surface area contributed by atoms with Crippen LogP contribution in [-0.4, -0.2) is 49.2 Å². The quantitative estimate of drug-likeness (QED) is 0.488. The Hall–Kier alpha value is -1.18. The van der Waals surface area contributed by atoms with Crippen molar-refractivity contribution in [2.75, 3.05) is 44.7 Å². The van der Waals surface area contributed by atoms with Gasteiger partial charge in [0, 0.05) is 30.2 Å². The first kappa shape index (κ1) is 15.2. The van der Waals surface area contributed by atoms with E-state index in [0.29, 0.717) is 10.2 Å². The SMILES string of the molecule is O=[N+]([O-])c1cc(Br)ccc1NCCCN1CCOCC1. The number of hydrogen-bond donors (Lipinski definition) is 1. The van der Waals surface area contributed by atoms with E-state index in [2.05, 4.69) is 26.1 Å². The van der Waals surface area contributed by atoms with Gasteiger partial charge in [0.25, 0.3) is 5.69 Å². The average molecular weight is 344 g/mol. The van der Waals surface area contributed by atoms with Gasteiger partial charge in [0.15, 0.2) is 0 Å². The number of rotatable bonds is 6. The van der Waals surface area contributed by atoms with Crippen molar-refractivity contribution in [3.8, 4) is 0 Å². The van der Waals surface area contributed by atoms with Gasteiger partial charge in [0.1, 0.15) is 5.69 Å². The smallest absolute Gasteiger partial charge is 0.293 e. The molecule has 20 heavy (non-hydrogen) atoms. The molecule has 1 fully saturated rings. The summed E-state index contributed by atoms with van der Waals surface area (Å²) in [6.07, 6.45) is 0.952. The molecule has 110 valence electrons. The van der Waals surface area contributed by atoms with Crippen molar-refractivity contribution >= 4 is 27.3 Å². The summed E-state index contributed by atoms with van der Waals surface area (Å²) in [5.74, 6) is 0. The zero-order valence-corrected chi connectivity index (χ0v) is 12.8. The summed E-state index contributed by atoms with van der Waals surface area (Å²) in [6.45, 7) is 5.24. The van der Waals surface area contributed by atoms with Crippen molar-refractivity contribution in [2.24, 2.45) is 0 Å². The van der Waals surface area contributed by atoms with Gasteiger partial charge >= 0.3 is 0 Å². The second kappa shape index (κ2) is 7.56. The predicted octanol–water partition coefficient (Wildman–Crippen LogP) is 2.49. The lowest BCUT2D eigenvalue weighted by atomic mass is 10.2. The maximum Gasteiger partial charge on any atom is 0.293 e. The molecule has 2 rings (SSSR count). The zero-order chi connectivity index (χ0) is 14.4. The molecule has 1 N–H and O–H groups in total. The summed E-state index contributed by atoms with van der Waals surface area (Å²) in [6, 6.07) is 5.05. The van der Waals surface area contributed by atoms with E-state index in [1.165, 1.54) is 6.07 Å². The third kappa shape index (κ3) is 4.43. The minimum Gasteiger partial charge on any atom is -0.379 e. The molecule has 0 atom stereocenters. The van der Waals surface area contributed by atoms with Gasteiger partial charge in [-0.05, 0) is 25.1 Å². The van der Waals surface area contributed by atoms with E-state index < -0.39 is 0 Å². The number of morpholine rings is 1. The van der Waals surface area contributed by atoms with E-state index in [1.807, 2.05) is 0 Å². The molecule has 1 aromatic carbocycles. The Kier molecular flexibility index (Phi) is 5.75. The lowest BCUT2D eigenvalue weighted by molar-refractivity contribution is -0.384. The van der Waals surface area contributed by atoms with Crippen LogP contribution in [0.5, 0.6) is 0 Å². The molecule has 6 nitrogen and oxygen atoms in total. The Morgan fingerprint density at radius 1 is 1.40 bits per heavy atom. The highest BCUT2D eigenvalue weighted by molar-refractivity contribution is 9.10. The molecule has 0 radical (unpaired) electrons. The number of nitro benzene ring substituents is 1. The fourth-order valence-corrected chi connectivity index (χ4v) is 2.50. The van der Waals surface area contributed by atoms with Crippen LogP contribution in [0.3, 0.4) is 0 Å². The minimum atomic E-state index is -0.366. The second-order valence-corrected chi connectivity index (χ2v) is 5.57. The minimum absolute atomic E-state index is 0.103. The third-order valence-corrected chi connectivity index (χ3v) is 3.72. The first-order valence-electron chi connectivity index (χ1n) is 6.65. The summed E-state index contributed by atoms with van der Waals surface area (Å²) in [4.78, 5) is 13.0. The molecule has 0 spiro atoms. The zero-order valence-electron chi connectivity index (χ0n) is 11.2. The highest BCUT2D eigenvalue weighted by atomic mass is 79.9. The number of halogens is 1. The summed E-state index contributed by atoms with van der Waals surface area (Å²) in [5, 5.41) is 14.1. The van der Waals surface area contributed by atoms with E-state index in [0.717, 1.165) is 45.8 Å². The molecule has 0 aliphatic carbocycles. The summed E-state index contributed by atoms with van der Waals surface area (Å²) >= 11 is 3.25. The number of nitrogens with zero attached hydrogens (tertiary/aromatic N) is 2. The van der Waals surface area contributed by atoms with Gasteiger partial charge in [0.2, 0.25) is 0 Å². The van der Waals surface area contributed by atoms with Crippen molar-refractivity contribution in [1.29, 1.82) is 0 Å². The molecule has 1 heterocycles. The number of anilines is 1. The van der Waals surface area contributed by atoms with E-state index in [1.54, 1.807) is 12.1 Å². The van der Waals surface area contributed by atoms with Crippen molar-refractivity contribution in [3.05, 3.63) is 32.8 Å².